The standard InChI is InChI=1S/C29H37IN2O6/c1-3-4-13-27(34)32(16-14-20-9-5-7-11-24(20)37-2)23-18-21(29(36)31-15-17-33)19-26(28(23)35)38-25-12-8-6-10-22(25)30/h5-12,19,23,26,28,33,35H,3-4,13-18H2,1-2H3,(H,31,36)/t23-,26+,28+/m1/s1. The van der Waals surface area contributed by atoms with Crippen LogP contribution in [-0.2, 0) is 16.0 Å². The number of unbranched alkanes of at least 4 members (excludes halogenated alkanes) is 1. The quantitative estimate of drug-likeness (QED) is 0.291. The van der Waals surface area contributed by atoms with E-state index in [0.29, 0.717) is 30.7 Å². The van der Waals surface area contributed by atoms with Crippen LogP contribution in [-0.4, -0.2) is 72.0 Å². The molecule has 0 bridgehead atoms. The highest BCUT2D eigenvalue weighted by atomic mass is 127. The number of aliphatic hydroxyl groups excluding tert-OH is 2. The summed E-state index contributed by atoms with van der Waals surface area (Å²) in [4.78, 5) is 28.1. The lowest BCUT2D eigenvalue weighted by Gasteiger charge is -2.40. The van der Waals surface area contributed by atoms with Crippen molar-refractivity contribution in [1.29, 1.82) is 0 Å². The van der Waals surface area contributed by atoms with Gasteiger partial charge in [-0.15, -0.1) is 0 Å². The highest BCUT2D eigenvalue weighted by molar-refractivity contribution is 14.1. The Morgan fingerprint density at radius 2 is 1.84 bits per heavy atom. The Balaban J connectivity index is 1.93. The van der Waals surface area contributed by atoms with E-state index in [9.17, 15) is 19.8 Å². The van der Waals surface area contributed by atoms with Gasteiger partial charge in [-0.2, -0.15) is 0 Å². The minimum atomic E-state index is -1.05. The molecule has 3 rings (SSSR count). The van der Waals surface area contributed by atoms with Crippen LogP contribution >= 0.6 is 22.6 Å². The molecule has 0 spiro atoms. The molecule has 1 aliphatic rings. The van der Waals surface area contributed by atoms with Gasteiger partial charge in [0.2, 0.25) is 11.8 Å². The molecule has 0 radical (unpaired) electrons. The van der Waals surface area contributed by atoms with Gasteiger partial charge in [0, 0.05) is 31.5 Å². The van der Waals surface area contributed by atoms with Crippen molar-refractivity contribution in [3.63, 3.8) is 0 Å². The van der Waals surface area contributed by atoms with Gasteiger partial charge in [-0.25, -0.2) is 0 Å². The lowest BCUT2D eigenvalue weighted by atomic mass is 9.87. The molecule has 2 aromatic rings. The third kappa shape index (κ3) is 7.94. The molecule has 0 saturated carbocycles. The number of methoxy groups -OCH3 is 1. The van der Waals surface area contributed by atoms with Gasteiger partial charge in [0.15, 0.2) is 0 Å². The van der Waals surface area contributed by atoms with Crippen LogP contribution in [0.15, 0.2) is 60.2 Å². The zero-order chi connectivity index (χ0) is 27.5. The first kappa shape index (κ1) is 29.9. The summed E-state index contributed by atoms with van der Waals surface area (Å²) in [7, 11) is 1.61. The molecule has 8 nitrogen and oxygen atoms in total. The number of rotatable bonds is 13. The van der Waals surface area contributed by atoms with E-state index in [2.05, 4.69) is 27.9 Å². The number of hydrogen-bond donors (Lipinski definition) is 3. The van der Waals surface area contributed by atoms with Gasteiger partial charge in [-0.1, -0.05) is 43.7 Å². The van der Waals surface area contributed by atoms with E-state index in [-0.39, 0.29) is 31.4 Å². The molecule has 0 unspecified atom stereocenters. The van der Waals surface area contributed by atoms with Crippen molar-refractivity contribution in [2.75, 3.05) is 26.8 Å². The van der Waals surface area contributed by atoms with Crippen LogP contribution in [0.4, 0.5) is 0 Å². The predicted molar refractivity (Wildman–Crippen MR) is 154 cm³/mol. The normalized spacial score (nSPS) is 18.9. The molecule has 2 amide bonds. The number of nitrogens with one attached hydrogen (secondary N) is 1. The number of hydrogen-bond acceptors (Lipinski definition) is 6. The second-order valence-electron chi connectivity index (χ2n) is 9.20. The van der Waals surface area contributed by atoms with Crippen LogP contribution in [0.3, 0.4) is 0 Å². The Bertz CT molecular complexity index is 1110. The Kier molecular flexibility index (Phi) is 11.9. The monoisotopic (exact) mass is 636 g/mol. The maximum atomic E-state index is 13.5. The van der Waals surface area contributed by atoms with Crippen LogP contribution in [0.25, 0.3) is 0 Å². The molecule has 0 heterocycles. The van der Waals surface area contributed by atoms with Crippen LogP contribution in [0.5, 0.6) is 11.5 Å². The van der Waals surface area contributed by atoms with Gasteiger partial charge in [0.25, 0.3) is 0 Å². The predicted octanol–water partition coefficient (Wildman–Crippen LogP) is 3.48. The molecule has 38 heavy (non-hydrogen) atoms. The Labute approximate surface area is 238 Å². The number of halogens is 1. The van der Waals surface area contributed by atoms with Crippen LogP contribution < -0.4 is 14.8 Å². The molecular formula is C29H37IN2O6. The van der Waals surface area contributed by atoms with E-state index in [1.165, 1.54) is 0 Å². The highest BCUT2D eigenvalue weighted by Gasteiger charge is 2.40. The Hall–Kier alpha value is -2.63. The summed E-state index contributed by atoms with van der Waals surface area (Å²) < 4.78 is 12.6. The van der Waals surface area contributed by atoms with Crippen molar-refractivity contribution in [2.24, 2.45) is 0 Å². The summed E-state index contributed by atoms with van der Waals surface area (Å²) in [6.45, 7) is 2.30. The molecule has 3 atom stereocenters. The minimum absolute atomic E-state index is 0.0733. The van der Waals surface area contributed by atoms with E-state index in [1.807, 2.05) is 55.5 Å². The first-order valence-corrected chi connectivity index (χ1v) is 14.1. The van der Waals surface area contributed by atoms with Gasteiger partial charge in [-0.05, 0) is 65.3 Å². The summed E-state index contributed by atoms with van der Waals surface area (Å²) in [5, 5.41) is 23.4. The highest BCUT2D eigenvalue weighted by Crippen LogP contribution is 2.30. The average molecular weight is 637 g/mol. The number of ether oxygens (including phenoxy) is 2. The molecule has 0 aromatic heterocycles. The molecule has 0 aliphatic heterocycles. The zero-order valence-electron chi connectivity index (χ0n) is 21.9. The summed E-state index contributed by atoms with van der Waals surface area (Å²) in [6.07, 6.45) is 2.39. The second-order valence-corrected chi connectivity index (χ2v) is 10.4. The number of para-hydroxylation sites is 2. The summed E-state index contributed by atoms with van der Waals surface area (Å²) >= 11 is 2.16. The first-order valence-electron chi connectivity index (χ1n) is 13.0. The fourth-order valence-electron chi connectivity index (χ4n) is 4.56. The second kappa shape index (κ2) is 15.1. The van der Waals surface area contributed by atoms with E-state index >= 15 is 0 Å². The van der Waals surface area contributed by atoms with Crippen molar-refractivity contribution < 1.29 is 29.3 Å². The number of carbonyl (C=O) groups excluding carboxylic acids is 2. The van der Waals surface area contributed by atoms with Crippen molar-refractivity contribution in [3.05, 3.63) is 69.3 Å². The number of carbonyl (C=O) groups is 2. The molecular weight excluding hydrogens is 599 g/mol. The van der Waals surface area contributed by atoms with Crippen LogP contribution in [0.1, 0.15) is 38.2 Å². The fraction of sp³-hybridized carbons (Fsp3) is 0.448. The van der Waals surface area contributed by atoms with Gasteiger partial charge >= 0.3 is 0 Å². The van der Waals surface area contributed by atoms with Gasteiger partial charge in [-0.3, -0.25) is 9.59 Å². The molecule has 1 aliphatic carbocycles. The molecule has 9 heteroatoms. The van der Waals surface area contributed by atoms with E-state index < -0.39 is 18.2 Å². The summed E-state index contributed by atoms with van der Waals surface area (Å²) in [5.41, 5.74) is 1.37. The van der Waals surface area contributed by atoms with Crippen molar-refractivity contribution in [1.82, 2.24) is 10.2 Å². The maximum absolute atomic E-state index is 13.5. The number of aliphatic hydroxyl groups is 2. The summed E-state index contributed by atoms with van der Waals surface area (Å²) in [6, 6.07) is 14.4. The first-order chi connectivity index (χ1) is 18.4. The molecule has 0 fully saturated rings. The molecule has 2 aromatic carbocycles. The maximum Gasteiger partial charge on any atom is 0.247 e. The average Bonchev–Trinajstić information content (AvgIpc) is 2.93. The minimum Gasteiger partial charge on any atom is -0.496 e. The Morgan fingerprint density at radius 3 is 2.53 bits per heavy atom. The van der Waals surface area contributed by atoms with Crippen LogP contribution in [0, 0.1) is 3.57 Å². The summed E-state index contributed by atoms with van der Waals surface area (Å²) in [5.74, 6) is 0.900. The van der Waals surface area contributed by atoms with Gasteiger partial charge in [0.1, 0.15) is 23.7 Å². The Morgan fingerprint density at radius 1 is 1.13 bits per heavy atom. The number of benzene rings is 2. The van der Waals surface area contributed by atoms with E-state index in [0.717, 1.165) is 27.7 Å². The van der Waals surface area contributed by atoms with Gasteiger partial charge < -0.3 is 29.9 Å². The van der Waals surface area contributed by atoms with Crippen LogP contribution in [0.2, 0.25) is 0 Å². The number of amides is 2. The lowest BCUT2D eigenvalue weighted by Crippen LogP contribution is -2.55. The van der Waals surface area contributed by atoms with Crippen molar-refractivity contribution in [3.8, 4) is 11.5 Å². The zero-order valence-corrected chi connectivity index (χ0v) is 24.1. The van der Waals surface area contributed by atoms with Gasteiger partial charge in [0.05, 0.1) is 23.3 Å². The SMILES string of the molecule is CCCCC(=O)N(CCc1ccccc1OC)[C@@H]1CC(C(=O)NCCO)=C[C@H](Oc2ccccc2I)[C@H]1O. The fourth-order valence-corrected chi connectivity index (χ4v) is 5.08. The molecule has 206 valence electrons. The number of nitrogens with zero attached hydrogens (tertiary/aromatic N) is 1. The third-order valence-corrected chi connectivity index (χ3v) is 7.48. The molecule has 0 saturated heterocycles. The van der Waals surface area contributed by atoms with Crippen molar-refractivity contribution >= 4 is 34.4 Å². The van der Waals surface area contributed by atoms with Crippen molar-refractivity contribution in [2.45, 2.75) is 57.3 Å². The van der Waals surface area contributed by atoms with E-state index in [1.54, 1.807) is 18.1 Å². The smallest absolute Gasteiger partial charge is 0.247 e. The lowest BCUT2D eigenvalue weighted by molar-refractivity contribution is -0.138. The molecule has 3 N–H and O–H groups in total. The third-order valence-electron chi connectivity index (χ3n) is 6.59. The van der Waals surface area contributed by atoms with E-state index in [4.69, 9.17) is 9.47 Å². The largest absolute Gasteiger partial charge is 0.496 e. The topological polar surface area (TPSA) is 108 Å².